The Morgan fingerprint density at radius 2 is 1.91 bits per heavy atom. The number of halogens is 1. The molecule has 1 aromatic rings. The van der Waals surface area contributed by atoms with E-state index in [0.717, 1.165) is 29.8 Å². The second-order valence-corrected chi connectivity index (χ2v) is 8.18. The summed E-state index contributed by atoms with van der Waals surface area (Å²) < 4.78 is 0. The SMILES string of the molecule is CC1(C)CC(N)CC(C)(C)N1C(=O)NCCc1cccc(Cl)c1. The minimum atomic E-state index is -0.249. The number of benzene rings is 1. The number of rotatable bonds is 3. The number of piperidine rings is 1. The molecule has 0 unspecified atom stereocenters. The Hall–Kier alpha value is -1.26. The lowest BCUT2D eigenvalue weighted by Crippen LogP contribution is -2.67. The van der Waals surface area contributed by atoms with Gasteiger partial charge in [-0.3, -0.25) is 0 Å². The number of likely N-dealkylation sites (tertiary alicyclic amines) is 1. The van der Waals surface area contributed by atoms with Gasteiger partial charge in [0.25, 0.3) is 0 Å². The Labute approximate surface area is 144 Å². The van der Waals surface area contributed by atoms with Crippen molar-refractivity contribution in [3.8, 4) is 0 Å². The first kappa shape index (κ1) is 18.1. The molecule has 2 amide bonds. The number of amides is 2. The van der Waals surface area contributed by atoms with Crippen molar-refractivity contribution >= 4 is 17.6 Å². The molecular formula is C18H28ClN3O. The third kappa shape index (κ3) is 4.39. The number of carbonyl (C=O) groups is 1. The summed E-state index contributed by atoms with van der Waals surface area (Å²) in [6.45, 7) is 8.94. The molecule has 4 nitrogen and oxygen atoms in total. The van der Waals surface area contributed by atoms with E-state index in [4.69, 9.17) is 17.3 Å². The standard InChI is InChI=1S/C18H28ClN3O/c1-17(2)11-15(20)12-18(3,4)22(17)16(23)21-9-8-13-6-5-7-14(19)10-13/h5-7,10,15H,8-9,11-12,20H2,1-4H3,(H,21,23). The van der Waals surface area contributed by atoms with Crippen LogP contribution in [-0.4, -0.2) is 34.6 Å². The van der Waals surface area contributed by atoms with Crippen LogP contribution in [-0.2, 0) is 6.42 Å². The summed E-state index contributed by atoms with van der Waals surface area (Å²) in [4.78, 5) is 14.7. The summed E-state index contributed by atoms with van der Waals surface area (Å²) in [5.74, 6) is 0. The first-order chi connectivity index (χ1) is 10.6. The van der Waals surface area contributed by atoms with Crippen LogP contribution < -0.4 is 11.1 Å². The molecule has 0 aliphatic carbocycles. The monoisotopic (exact) mass is 337 g/mol. The molecule has 1 fully saturated rings. The third-order valence-corrected chi connectivity index (χ3v) is 4.75. The lowest BCUT2D eigenvalue weighted by molar-refractivity contribution is 0.00325. The quantitative estimate of drug-likeness (QED) is 0.885. The van der Waals surface area contributed by atoms with Crippen LogP contribution in [0.25, 0.3) is 0 Å². The van der Waals surface area contributed by atoms with Gasteiger partial charge in [-0.15, -0.1) is 0 Å². The first-order valence-corrected chi connectivity index (χ1v) is 8.58. The van der Waals surface area contributed by atoms with E-state index in [1.54, 1.807) is 0 Å². The van der Waals surface area contributed by atoms with Crippen LogP contribution in [0.2, 0.25) is 5.02 Å². The topological polar surface area (TPSA) is 58.4 Å². The van der Waals surface area contributed by atoms with Crippen LogP contribution in [0, 0.1) is 0 Å². The van der Waals surface area contributed by atoms with E-state index in [2.05, 4.69) is 33.0 Å². The molecular weight excluding hydrogens is 310 g/mol. The van der Waals surface area contributed by atoms with Gasteiger partial charge in [0.15, 0.2) is 0 Å². The molecule has 1 heterocycles. The molecule has 128 valence electrons. The highest BCUT2D eigenvalue weighted by atomic mass is 35.5. The highest BCUT2D eigenvalue weighted by Crippen LogP contribution is 2.37. The minimum Gasteiger partial charge on any atom is -0.338 e. The van der Waals surface area contributed by atoms with Gasteiger partial charge < -0.3 is 16.0 Å². The predicted octanol–water partition coefficient (Wildman–Crippen LogP) is 3.57. The van der Waals surface area contributed by atoms with Crippen molar-refractivity contribution < 1.29 is 4.79 Å². The summed E-state index contributed by atoms with van der Waals surface area (Å²) in [5, 5.41) is 3.77. The van der Waals surface area contributed by atoms with Crippen molar-refractivity contribution in [1.82, 2.24) is 10.2 Å². The van der Waals surface area contributed by atoms with Crippen molar-refractivity contribution in [2.45, 2.75) is 64.1 Å². The van der Waals surface area contributed by atoms with Crippen LogP contribution >= 0.6 is 11.6 Å². The molecule has 0 aromatic heterocycles. The maximum Gasteiger partial charge on any atom is 0.318 e. The minimum absolute atomic E-state index is 0.0195. The first-order valence-electron chi connectivity index (χ1n) is 8.20. The van der Waals surface area contributed by atoms with Gasteiger partial charge in [-0.25, -0.2) is 4.79 Å². The van der Waals surface area contributed by atoms with Gasteiger partial charge in [0.05, 0.1) is 0 Å². The fraction of sp³-hybridized carbons (Fsp3) is 0.611. The fourth-order valence-corrected chi connectivity index (χ4v) is 4.21. The van der Waals surface area contributed by atoms with Crippen LogP contribution in [0.4, 0.5) is 4.79 Å². The Balaban J connectivity index is 1.98. The highest BCUT2D eigenvalue weighted by molar-refractivity contribution is 6.30. The smallest absolute Gasteiger partial charge is 0.318 e. The molecule has 1 aliphatic heterocycles. The molecule has 0 bridgehead atoms. The molecule has 3 N–H and O–H groups in total. The normalized spacial score (nSPS) is 20.3. The summed E-state index contributed by atoms with van der Waals surface area (Å²) in [6, 6.07) is 7.85. The van der Waals surface area contributed by atoms with Gasteiger partial charge in [0, 0.05) is 28.7 Å². The molecule has 0 atom stereocenters. The van der Waals surface area contributed by atoms with E-state index >= 15 is 0 Å². The van der Waals surface area contributed by atoms with E-state index in [0.29, 0.717) is 6.54 Å². The number of nitrogens with two attached hydrogens (primary N) is 1. The van der Waals surface area contributed by atoms with Gasteiger partial charge in [0.1, 0.15) is 0 Å². The molecule has 0 saturated carbocycles. The third-order valence-electron chi connectivity index (χ3n) is 4.52. The zero-order valence-electron chi connectivity index (χ0n) is 14.5. The molecule has 1 aliphatic rings. The van der Waals surface area contributed by atoms with Gasteiger partial charge in [-0.05, 0) is 64.7 Å². The average molecular weight is 338 g/mol. The molecule has 5 heteroatoms. The molecule has 1 saturated heterocycles. The van der Waals surface area contributed by atoms with E-state index in [-0.39, 0.29) is 23.2 Å². The van der Waals surface area contributed by atoms with Crippen molar-refractivity contribution in [3.05, 3.63) is 34.9 Å². The van der Waals surface area contributed by atoms with Gasteiger partial charge in [-0.2, -0.15) is 0 Å². The van der Waals surface area contributed by atoms with E-state index in [1.807, 2.05) is 29.2 Å². The fourth-order valence-electron chi connectivity index (χ4n) is 3.99. The van der Waals surface area contributed by atoms with Crippen molar-refractivity contribution in [2.24, 2.45) is 5.73 Å². The van der Waals surface area contributed by atoms with E-state index in [9.17, 15) is 4.79 Å². The van der Waals surface area contributed by atoms with Gasteiger partial charge in [0.2, 0.25) is 0 Å². The van der Waals surface area contributed by atoms with Crippen LogP contribution in [0.1, 0.15) is 46.1 Å². The second kappa shape index (κ2) is 6.70. The van der Waals surface area contributed by atoms with Crippen molar-refractivity contribution in [1.29, 1.82) is 0 Å². The summed E-state index contributed by atoms with van der Waals surface area (Å²) >= 11 is 5.99. The number of carbonyl (C=O) groups excluding carboxylic acids is 1. The largest absolute Gasteiger partial charge is 0.338 e. The Kier molecular flexibility index (Phi) is 5.27. The van der Waals surface area contributed by atoms with E-state index in [1.165, 1.54) is 0 Å². The van der Waals surface area contributed by atoms with Gasteiger partial charge in [-0.1, -0.05) is 23.7 Å². The summed E-state index contributed by atoms with van der Waals surface area (Å²) in [5.41, 5.74) is 6.79. The summed E-state index contributed by atoms with van der Waals surface area (Å²) in [6.07, 6.45) is 2.40. The van der Waals surface area contributed by atoms with Crippen molar-refractivity contribution in [3.63, 3.8) is 0 Å². The lowest BCUT2D eigenvalue weighted by atomic mass is 9.77. The Morgan fingerprint density at radius 3 is 2.48 bits per heavy atom. The van der Waals surface area contributed by atoms with E-state index < -0.39 is 0 Å². The molecule has 2 rings (SSSR count). The second-order valence-electron chi connectivity index (χ2n) is 7.74. The number of hydrogen-bond acceptors (Lipinski definition) is 2. The molecule has 0 radical (unpaired) electrons. The number of urea groups is 1. The zero-order valence-corrected chi connectivity index (χ0v) is 15.3. The molecule has 0 spiro atoms. The summed E-state index contributed by atoms with van der Waals surface area (Å²) in [7, 11) is 0. The van der Waals surface area contributed by atoms with Crippen LogP contribution in [0.5, 0.6) is 0 Å². The van der Waals surface area contributed by atoms with Crippen LogP contribution in [0.3, 0.4) is 0 Å². The zero-order chi connectivity index (χ0) is 17.3. The maximum absolute atomic E-state index is 12.7. The molecule has 23 heavy (non-hydrogen) atoms. The average Bonchev–Trinajstić information content (AvgIpc) is 2.34. The number of nitrogens with zero attached hydrogens (tertiary/aromatic N) is 1. The molecule has 1 aromatic carbocycles. The number of hydrogen-bond donors (Lipinski definition) is 2. The van der Waals surface area contributed by atoms with Gasteiger partial charge >= 0.3 is 6.03 Å². The van der Waals surface area contributed by atoms with Crippen LogP contribution in [0.15, 0.2) is 24.3 Å². The van der Waals surface area contributed by atoms with Crippen molar-refractivity contribution in [2.75, 3.05) is 6.54 Å². The Bertz CT molecular complexity index is 553. The maximum atomic E-state index is 12.7. The predicted molar refractivity (Wildman–Crippen MR) is 95.8 cm³/mol. The highest BCUT2D eigenvalue weighted by Gasteiger charge is 2.46. The number of nitrogens with one attached hydrogen (secondary N) is 1. The lowest BCUT2D eigenvalue weighted by Gasteiger charge is -2.54. The Morgan fingerprint density at radius 1 is 1.30 bits per heavy atom.